The lowest BCUT2D eigenvalue weighted by Crippen LogP contribution is -2.16. The molecule has 3 nitrogen and oxygen atoms in total. The van der Waals surface area contributed by atoms with Crippen molar-refractivity contribution in [3.05, 3.63) is 31.7 Å². The molecule has 0 fully saturated rings. The van der Waals surface area contributed by atoms with E-state index in [9.17, 15) is 9.59 Å². The molecule has 1 aromatic rings. The number of hydrogen-bond donors (Lipinski definition) is 0. The Hall–Kier alpha value is -0.480. The van der Waals surface area contributed by atoms with Crippen LogP contribution >= 0.6 is 46.4 Å². The van der Waals surface area contributed by atoms with Gasteiger partial charge in [-0.15, -0.1) is 0 Å². The Morgan fingerprint density at radius 1 is 1.06 bits per heavy atom. The highest BCUT2D eigenvalue weighted by molar-refractivity contribution is 6.54. The Bertz CT molecular complexity index is 470. The first kappa shape index (κ1) is 13.6. The van der Waals surface area contributed by atoms with E-state index in [2.05, 4.69) is 4.74 Å². The second kappa shape index (κ2) is 5.23. The topological polar surface area (TPSA) is 43.4 Å². The van der Waals surface area contributed by atoms with E-state index in [1.165, 1.54) is 6.07 Å². The zero-order chi connectivity index (χ0) is 12.5. The standard InChI is InChI=1S/C9H4Cl4O3/c1-16-9(15)8(14)5-3(10)2-4(11)6(12)7(5)13/h2H,1H3. The van der Waals surface area contributed by atoms with Crippen LogP contribution in [0.3, 0.4) is 0 Å². The molecule has 1 rings (SSSR count). The number of halogens is 4. The van der Waals surface area contributed by atoms with Crippen molar-refractivity contribution in [3.8, 4) is 0 Å². The second-order valence-electron chi connectivity index (χ2n) is 2.66. The molecule has 0 atom stereocenters. The lowest BCUT2D eigenvalue weighted by Gasteiger charge is -2.07. The Kier molecular flexibility index (Phi) is 4.44. The predicted octanol–water partition coefficient (Wildman–Crippen LogP) is 3.66. The van der Waals surface area contributed by atoms with E-state index in [-0.39, 0.29) is 25.7 Å². The molecule has 0 saturated heterocycles. The van der Waals surface area contributed by atoms with E-state index in [0.29, 0.717) is 0 Å². The van der Waals surface area contributed by atoms with E-state index in [4.69, 9.17) is 46.4 Å². The Labute approximate surface area is 111 Å². The van der Waals surface area contributed by atoms with Crippen LogP contribution in [0.2, 0.25) is 20.1 Å². The predicted molar refractivity (Wildman–Crippen MR) is 62.8 cm³/mol. The maximum atomic E-state index is 11.5. The molecular formula is C9H4Cl4O3. The van der Waals surface area contributed by atoms with Crippen molar-refractivity contribution in [1.82, 2.24) is 0 Å². The molecule has 0 aliphatic carbocycles. The molecule has 0 heterocycles. The van der Waals surface area contributed by atoms with Gasteiger partial charge in [-0.3, -0.25) is 4.79 Å². The molecule has 86 valence electrons. The van der Waals surface area contributed by atoms with Crippen LogP contribution in [0.25, 0.3) is 0 Å². The van der Waals surface area contributed by atoms with Crippen LogP contribution in [0.1, 0.15) is 10.4 Å². The fourth-order valence-electron chi connectivity index (χ4n) is 0.969. The van der Waals surface area contributed by atoms with E-state index < -0.39 is 11.8 Å². The molecule has 0 bridgehead atoms. The SMILES string of the molecule is COC(=O)C(=O)c1c(Cl)cc(Cl)c(Cl)c1Cl. The fourth-order valence-corrected chi connectivity index (χ4v) is 2.05. The molecule has 0 radical (unpaired) electrons. The number of methoxy groups -OCH3 is 1. The lowest BCUT2D eigenvalue weighted by molar-refractivity contribution is -0.135. The fraction of sp³-hybridized carbons (Fsp3) is 0.111. The Morgan fingerprint density at radius 2 is 1.62 bits per heavy atom. The van der Waals surface area contributed by atoms with Gasteiger partial charge in [0.15, 0.2) is 0 Å². The molecule has 16 heavy (non-hydrogen) atoms. The van der Waals surface area contributed by atoms with Gasteiger partial charge in [0.2, 0.25) is 0 Å². The number of ketones is 1. The zero-order valence-electron chi connectivity index (χ0n) is 7.81. The second-order valence-corrected chi connectivity index (χ2v) is 4.23. The van der Waals surface area contributed by atoms with Gasteiger partial charge in [0.25, 0.3) is 5.78 Å². The first-order valence-electron chi connectivity index (χ1n) is 3.85. The molecule has 0 unspecified atom stereocenters. The van der Waals surface area contributed by atoms with Gasteiger partial charge in [-0.25, -0.2) is 4.79 Å². The summed E-state index contributed by atoms with van der Waals surface area (Å²) < 4.78 is 4.26. The summed E-state index contributed by atoms with van der Waals surface area (Å²) in [5, 5.41) is -0.178. The van der Waals surface area contributed by atoms with Gasteiger partial charge < -0.3 is 4.74 Å². The normalized spacial score (nSPS) is 10.1. The van der Waals surface area contributed by atoms with Gasteiger partial charge in [-0.05, 0) is 6.07 Å². The summed E-state index contributed by atoms with van der Waals surface area (Å²) >= 11 is 22.9. The van der Waals surface area contributed by atoms with Crippen molar-refractivity contribution >= 4 is 58.2 Å². The smallest absolute Gasteiger partial charge is 0.379 e. The summed E-state index contributed by atoms with van der Waals surface area (Å²) in [7, 11) is 1.07. The van der Waals surface area contributed by atoms with Crippen molar-refractivity contribution in [3.63, 3.8) is 0 Å². The van der Waals surface area contributed by atoms with Crippen LogP contribution in [-0.4, -0.2) is 18.9 Å². The van der Waals surface area contributed by atoms with E-state index in [1.807, 2.05) is 0 Å². The molecule has 0 aliphatic heterocycles. The summed E-state index contributed by atoms with van der Waals surface area (Å²) in [5.74, 6) is -2.06. The molecule has 0 saturated carbocycles. The number of carbonyl (C=O) groups excluding carboxylic acids is 2. The summed E-state index contributed by atoms with van der Waals surface area (Å²) in [6, 6.07) is 1.23. The monoisotopic (exact) mass is 300 g/mol. The number of carbonyl (C=O) groups is 2. The Balaban J connectivity index is 3.40. The first-order chi connectivity index (χ1) is 7.40. The zero-order valence-corrected chi connectivity index (χ0v) is 10.8. The highest BCUT2D eigenvalue weighted by Gasteiger charge is 2.25. The summed E-state index contributed by atoms with van der Waals surface area (Å²) in [5.41, 5.74) is -0.218. The number of rotatable bonds is 2. The molecular weight excluding hydrogens is 298 g/mol. The van der Waals surface area contributed by atoms with Crippen molar-refractivity contribution in [2.45, 2.75) is 0 Å². The van der Waals surface area contributed by atoms with Crippen LogP contribution in [0.4, 0.5) is 0 Å². The summed E-state index contributed by atoms with van der Waals surface area (Å²) in [4.78, 5) is 22.6. The minimum atomic E-state index is -1.08. The summed E-state index contributed by atoms with van der Waals surface area (Å²) in [6.45, 7) is 0. The molecule has 1 aromatic carbocycles. The maximum absolute atomic E-state index is 11.5. The number of Topliss-reactive ketones (excluding diaryl/α,β-unsaturated/α-hetero) is 1. The average molecular weight is 302 g/mol. The van der Waals surface area contributed by atoms with E-state index in [1.54, 1.807) is 0 Å². The van der Waals surface area contributed by atoms with Gasteiger partial charge in [0.1, 0.15) is 0 Å². The average Bonchev–Trinajstić information content (AvgIpc) is 2.24. The highest BCUT2D eigenvalue weighted by Crippen LogP contribution is 2.37. The van der Waals surface area contributed by atoms with Gasteiger partial charge in [-0.2, -0.15) is 0 Å². The molecule has 0 spiro atoms. The van der Waals surface area contributed by atoms with Crippen molar-refractivity contribution in [1.29, 1.82) is 0 Å². The highest BCUT2D eigenvalue weighted by atomic mass is 35.5. The van der Waals surface area contributed by atoms with Crippen molar-refractivity contribution in [2.24, 2.45) is 0 Å². The number of hydrogen-bond acceptors (Lipinski definition) is 3. The maximum Gasteiger partial charge on any atom is 0.379 e. The van der Waals surface area contributed by atoms with E-state index >= 15 is 0 Å². The number of ether oxygens (including phenoxy) is 1. The van der Waals surface area contributed by atoms with E-state index in [0.717, 1.165) is 7.11 Å². The molecule has 0 N–H and O–H groups in total. The molecule has 0 aliphatic rings. The van der Waals surface area contributed by atoms with Crippen LogP contribution in [0, 0.1) is 0 Å². The minimum absolute atomic E-state index is 0.0417. The third kappa shape index (κ3) is 2.43. The lowest BCUT2D eigenvalue weighted by atomic mass is 10.1. The van der Waals surface area contributed by atoms with Crippen molar-refractivity contribution in [2.75, 3.05) is 7.11 Å². The van der Waals surface area contributed by atoms with Gasteiger partial charge >= 0.3 is 5.97 Å². The number of benzene rings is 1. The molecule has 0 amide bonds. The third-order valence-electron chi connectivity index (χ3n) is 1.71. The van der Waals surface area contributed by atoms with Crippen molar-refractivity contribution < 1.29 is 14.3 Å². The largest absolute Gasteiger partial charge is 0.463 e. The summed E-state index contributed by atoms with van der Waals surface area (Å²) in [6.07, 6.45) is 0. The molecule has 7 heteroatoms. The molecule has 0 aromatic heterocycles. The third-order valence-corrected chi connectivity index (χ3v) is 3.27. The van der Waals surface area contributed by atoms with Crippen LogP contribution in [0.5, 0.6) is 0 Å². The van der Waals surface area contributed by atoms with Crippen LogP contribution in [0.15, 0.2) is 6.07 Å². The Morgan fingerprint density at radius 3 is 2.12 bits per heavy atom. The van der Waals surface area contributed by atoms with Gasteiger partial charge in [-0.1, -0.05) is 46.4 Å². The van der Waals surface area contributed by atoms with Gasteiger partial charge in [0.05, 0.1) is 32.8 Å². The van der Waals surface area contributed by atoms with Crippen LogP contribution in [-0.2, 0) is 9.53 Å². The minimum Gasteiger partial charge on any atom is -0.463 e. The first-order valence-corrected chi connectivity index (χ1v) is 5.37. The number of esters is 1. The van der Waals surface area contributed by atoms with Crippen LogP contribution < -0.4 is 0 Å². The van der Waals surface area contributed by atoms with Gasteiger partial charge in [0, 0.05) is 0 Å². The quantitative estimate of drug-likeness (QED) is 0.275.